The number of nitrogens with two attached hydrogens (primary N) is 1. The zero-order chi connectivity index (χ0) is 29.4. The van der Waals surface area contributed by atoms with E-state index in [1.54, 1.807) is 54.7 Å². The Balaban J connectivity index is 1.23. The SMILES string of the molecule is NC(=O)c1nn(CC(=O)N2CC(F)CC2C(=O)NC2C(O)NOC2c2ccccc2)c2ccc(-c3ccnnc3)cc12. The molecule has 4 aromatic rings. The summed E-state index contributed by atoms with van der Waals surface area (Å²) in [6.07, 6.45) is -0.450. The molecule has 5 unspecified atom stereocenters. The highest BCUT2D eigenvalue weighted by Crippen LogP contribution is 2.29. The Morgan fingerprint density at radius 2 is 1.93 bits per heavy atom. The van der Waals surface area contributed by atoms with E-state index in [1.807, 2.05) is 6.07 Å². The first-order chi connectivity index (χ1) is 20.3. The van der Waals surface area contributed by atoms with E-state index in [0.717, 1.165) is 16.0 Å². The average Bonchev–Trinajstić information content (AvgIpc) is 3.69. The van der Waals surface area contributed by atoms with Crippen molar-refractivity contribution in [2.45, 2.75) is 43.6 Å². The molecule has 2 saturated heterocycles. The Morgan fingerprint density at radius 3 is 2.67 bits per heavy atom. The number of benzene rings is 2. The Labute approximate surface area is 238 Å². The number of aliphatic hydroxyl groups excluding tert-OH is 1. The van der Waals surface area contributed by atoms with Crippen molar-refractivity contribution in [3.05, 3.63) is 78.2 Å². The molecule has 2 fully saturated rings. The predicted octanol–water partition coefficient (Wildman–Crippen LogP) is 0.611. The van der Waals surface area contributed by atoms with Gasteiger partial charge in [-0.15, -0.1) is 0 Å². The van der Waals surface area contributed by atoms with E-state index in [9.17, 15) is 23.9 Å². The van der Waals surface area contributed by atoms with Gasteiger partial charge in [0.15, 0.2) is 5.69 Å². The Bertz CT molecular complexity index is 1640. The minimum absolute atomic E-state index is 0.0320. The highest BCUT2D eigenvalue weighted by atomic mass is 19.1. The maximum absolute atomic E-state index is 14.6. The number of aliphatic hydroxyl groups is 1. The van der Waals surface area contributed by atoms with Gasteiger partial charge < -0.3 is 21.1 Å². The lowest BCUT2D eigenvalue weighted by molar-refractivity contribution is -0.139. The van der Waals surface area contributed by atoms with Crippen molar-refractivity contribution in [3.8, 4) is 11.1 Å². The van der Waals surface area contributed by atoms with Crippen molar-refractivity contribution in [2.75, 3.05) is 6.54 Å². The number of carbonyl (C=O) groups is 3. The lowest BCUT2D eigenvalue weighted by atomic mass is 10.0. The number of aromatic nitrogens is 4. The molecule has 2 aromatic carbocycles. The highest BCUT2D eigenvalue weighted by molar-refractivity contribution is 6.05. The summed E-state index contributed by atoms with van der Waals surface area (Å²) in [6.45, 7) is -0.651. The fourth-order valence-electron chi connectivity index (χ4n) is 5.44. The first kappa shape index (κ1) is 27.4. The number of rotatable bonds is 7. The lowest BCUT2D eigenvalue weighted by Crippen LogP contribution is -2.53. The molecule has 0 saturated carbocycles. The number of primary amides is 1. The molecule has 2 aliphatic heterocycles. The minimum Gasteiger partial charge on any atom is -0.374 e. The number of likely N-dealkylation sites (tertiary alicyclic amines) is 1. The standard InChI is InChI=1S/C28H27FN8O5/c29-18-11-21(27(40)33-24-25(42-35-28(24)41)15-4-2-1-3-5-15)36(13-18)22(38)14-37-20-7-6-16(17-8-9-31-32-12-17)10-19(20)23(34-37)26(30)39/h1-10,12,18,21,24-25,28,35,41H,11,13-14H2,(H2,30,39)(H,33,40). The Morgan fingerprint density at radius 1 is 1.12 bits per heavy atom. The molecular formula is C28H27FN8O5. The fraction of sp³-hybridized carbons (Fsp3) is 0.286. The molecule has 5 N–H and O–H groups in total. The number of halogens is 1. The van der Waals surface area contributed by atoms with Gasteiger partial charge in [0.25, 0.3) is 5.91 Å². The molecule has 3 amide bonds. The van der Waals surface area contributed by atoms with Crippen molar-refractivity contribution in [3.63, 3.8) is 0 Å². The monoisotopic (exact) mass is 574 g/mol. The van der Waals surface area contributed by atoms with Gasteiger partial charge in [0.2, 0.25) is 11.8 Å². The van der Waals surface area contributed by atoms with Crippen LogP contribution in [0.15, 0.2) is 67.0 Å². The smallest absolute Gasteiger partial charge is 0.269 e. The molecule has 42 heavy (non-hydrogen) atoms. The molecule has 2 aromatic heterocycles. The van der Waals surface area contributed by atoms with Crippen molar-refractivity contribution in [2.24, 2.45) is 5.73 Å². The van der Waals surface area contributed by atoms with Crippen LogP contribution in [-0.4, -0.2) is 78.7 Å². The van der Waals surface area contributed by atoms with Crippen LogP contribution < -0.4 is 16.5 Å². The zero-order valence-electron chi connectivity index (χ0n) is 22.1. The largest absolute Gasteiger partial charge is 0.374 e. The summed E-state index contributed by atoms with van der Waals surface area (Å²) in [6, 6.07) is 13.9. The van der Waals surface area contributed by atoms with E-state index in [-0.39, 0.29) is 25.2 Å². The molecule has 6 rings (SSSR count). The lowest BCUT2D eigenvalue weighted by Gasteiger charge is -2.27. The van der Waals surface area contributed by atoms with Crippen LogP contribution in [0, 0.1) is 0 Å². The van der Waals surface area contributed by atoms with Gasteiger partial charge in [0.05, 0.1) is 24.5 Å². The van der Waals surface area contributed by atoms with Gasteiger partial charge in [-0.1, -0.05) is 36.4 Å². The molecule has 0 spiro atoms. The Hall–Kier alpha value is -4.79. The summed E-state index contributed by atoms with van der Waals surface area (Å²) >= 11 is 0. The third-order valence-corrected chi connectivity index (χ3v) is 7.48. The molecule has 0 aliphatic carbocycles. The van der Waals surface area contributed by atoms with Gasteiger partial charge in [0.1, 0.15) is 37.1 Å². The van der Waals surface area contributed by atoms with Gasteiger partial charge in [-0.05, 0) is 29.3 Å². The number of alkyl halides is 1. The van der Waals surface area contributed by atoms with E-state index >= 15 is 0 Å². The highest BCUT2D eigenvalue weighted by Gasteiger charge is 2.44. The average molecular weight is 575 g/mol. The zero-order valence-corrected chi connectivity index (χ0v) is 22.1. The van der Waals surface area contributed by atoms with Crippen molar-refractivity contribution in [1.29, 1.82) is 0 Å². The van der Waals surface area contributed by atoms with E-state index in [4.69, 9.17) is 10.6 Å². The maximum Gasteiger partial charge on any atom is 0.269 e. The molecule has 2 aliphatic rings. The van der Waals surface area contributed by atoms with Gasteiger partial charge in [0, 0.05) is 17.4 Å². The fourth-order valence-corrected chi connectivity index (χ4v) is 5.44. The van der Waals surface area contributed by atoms with Crippen LogP contribution >= 0.6 is 0 Å². The van der Waals surface area contributed by atoms with Crippen LogP contribution in [0.1, 0.15) is 28.6 Å². The minimum atomic E-state index is -1.43. The van der Waals surface area contributed by atoms with Gasteiger partial charge in [-0.2, -0.15) is 20.8 Å². The number of hydroxylamine groups is 1. The van der Waals surface area contributed by atoms with Crippen LogP contribution in [0.4, 0.5) is 4.39 Å². The molecule has 0 bridgehead atoms. The first-order valence-electron chi connectivity index (χ1n) is 13.3. The van der Waals surface area contributed by atoms with Crippen molar-refractivity contribution >= 4 is 28.6 Å². The van der Waals surface area contributed by atoms with E-state index in [2.05, 4.69) is 26.1 Å². The summed E-state index contributed by atoms with van der Waals surface area (Å²) in [7, 11) is 0. The van der Waals surface area contributed by atoms with Gasteiger partial charge >= 0.3 is 0 Å². The van der Waals surface area contributed by atoms with E-state index in [0.29, 0.717) is 16.5 Å². The molecule has 14 heteroatoms. The summed E-state index contributed by atoms with van der Waals surface area (Å²) in [4.78, 5) is 45.7. The molecular weight excluding hydrogens is 547 g/mol. The van der Waals surface area contributed by atoms with Gasteiger partial charge in [-0.3, -0.25) is 23.9 Å². The summed E-state index contributed by atoms with van der Waals surface area (Å²) < 4.78 is 15.9. The third-order valence-electron chi connectivity index (χ3n) is 7.48. The molecule has 13 nitrogen and oxygen atoms in total. The second-order valence-electron chi connectivity index (χ2n) is 10.2. The number of amides is 3. The van der Waals surface area contributed by atoms with Crippen LogP contribution in [0.2, 0.25) is 0 Å². The normalized spacial score (nSPS) is 23.8. The van der Waals surface area contributed by atoms with E-state index in [1.165, 1.54) is 10.9 Å². The maximum atomic E-state index is 14.6. The molecule has 216 valence electrons. The topological polar surface area (TPSA) is 178 Å². The number of hydrogen-bond donors (Lipinski definition) is 4. The summed E-state index contributed by atoms with van der Waals surface area (Å²) in [5.41, 5.74) is 10.7. The first-order valence-corrected chi connectivity index (χ1v) is 13.3. The van der Waals surface area contributed by atoms with Crippen LogP contribution in [0.3, 0.4) is 0 Å². The molecule has 5 atom stereocenters. The Kier molecular flexibility index (Phi) is 7.33. The second kappa shape index (κ2) is 11.2. The predicted molar refractivity (Wildman–Crippen MR) is 146 cm³/mol. The van der Waals surface area contributed by atoms with Crippen LogP contribution in [0.25, 0.3) is 22.0 Å². The van der Waals surface area contributed by atoms with Crippen molar-refractivity contribution in [1.82, 2.24) is 35.7 Å². The summed E-state index contributed by atoms with van der Waals surface area (Å²) in [5, 5.41) is 25.5. The second-order valence-corrected chi connectivity index (χ2v) is 10.2. The molecule has 4 heterocycles. The third kappa shape index (κ3) is 5.18. The van der Waals surface area contributed by atoms with Crippen LogP contribution in [-0.2, 0) is 21.0 Å². The van der Waals surface area contributed by atoms with Gasteiger partial charge in [-0.25, -0.2) is 4.39 Å². The number of nitrogens with zero attached hydrogens (tertiary/aromatic N) is 5. The number of carbonyl (C=O) groups excluding carboxylic acids is 3. The van der Waals surface area contributed by atoms with Crippen LogP contribution in [0.5, 0.6) is 0 Å². The van der Waals surface area contributed by atoms with Crippen molar-refractivity contribution < 1.29 is 28.7 Å². The quantitative estimate of drug-likeness (QED) is 0.246. The van der Waals surface area contributed by atoms with E-state index < -0.39 is 48.3 Å². The number of nitrogens with one attached hydrogen (secondary N) is 2. The number of hydrogen-bond acceptors (Lipinski definition) is 9. The molecule has 0 radical (unpaired) electrons. The summed E-state index contributed by atoms with van der Waals surface area (Å²) in [5.74, 6) is -1.98. The number of fused-ring (bicyclic) bond motifs is 1.